The van der Waals surface area contributed by atoms with Crippen molar-refractivity contribution in [2.24, 2.45) is 0 Å². The minimum Gasteiger partial charge on any atom is -0.460 e. The van der Waals surface area contributed by atoms with Crippen molar-refractivity contribution in [2.45, 2.75) is 13.8 Å². The number of aromatic amines is 1. The molecule has 18 heavy (non-hydrogen) atoms. The van der Waals surface area contributed by atoms with Crippen molar-refractivity contribution in [1.29, 1.82) is 0 Å². The lowest BCUT2D eigenvalue weighted by atomic mass is 10.2. The molecule has 1 aromatic heterocycles. The molecule has 0 aliphatic heterocycles. The highest BCUT2D eigenvalue weighted by Gasteiger charge is 2.15. The first-order valence-corrected chi connectivity index (χ1v) is 5.56. The summed E-state index contributed by atoms with van der Waals surface area (Å²) >= 11 is 0. The molecule has 0 unspecified atom stereocenters. The highest BCUT2D eigenvalue weighted by Crippen LogP contribution is 2.09. The van der Waals surface area contributed by atoms with E-state index in [0.717, 1.165) is 10.2 Å². The maximum Gasteiger partial charge on any atom is 0.376 e. The fourth-order valence-electron chi connectivity index (χ4n) is 1.58. The Morgan fingerprint density at radius 2 is 2.17 bits per heavy atom. The number of rotatable bonds is 3. The van der Waals surface area contributed by atoms with E-state index in [1.54, 1.807) is 19.1 Å². The van der Waals surface area contributed by atoms with Gasteiger partial charge in [0.1, 0.15) is 0 Å². The summed E-state index contributed by atoms with van der Waals surface area (Å²) in [5, 5.41) is 3.93. The Morgan fingerprint density at radius 1 is 1.44 bits per heavy atom. The molecule has 0 spiro atoms. The fourth-order valence-corrected chi connectivity index (χ4v) is 1.58. The highest BCUT2D eigenvalue weighted by molar-refractivity contribution is 5.84. The average Bonchev–Trinajstić information content (AvgIpc) is 2.72. The summed E-state index contributed by atoms with van der Waals surface area (Å²) in [7, 11) is 0. The molecule has 0 saturated carbocycles. The Kier molecular flexibility index (Phi) is 3.27. The van der Waals surface area contributed by atoms with Crippen LogP contribution in [-0.4, -0.2) is 27.3 Å². The number of carbonyl (C=O) groups is 1. The number of nitrogens with one attached hydrogen (secondary N) is 1. The minimum atomic E-state index is -0.637. The van der Waals surface area contributed by atoms with Crippen LogP contribution in [0.2, 0.25) is 0 Å². The lowest BCUT2D eigenvalue weighted by Gasteiger charge is -2.02. The maximum absolute atomic E-state index is 11.7. The normalized spacial score (nSPS) is 10.3. The van der Waals surface area contributed by atoms with E-state index >= 15 is 0 Å². The smallest absolute Gasteiger partial charge is 0.376 e. The summed E-state index contributed by atoms with van der Waals surface area (Å²) in [6, 6.07) is 7.28. The largest absolute Gasteiger partial charge is 0.460 e. The monoisotopic (exact) mass is 247 g/mol. The van der Waals surface area contributed by atoms with Crippen LogP contribution in [0.3, 0.4) is 0 Å². The van der Waals surface area contributed by atoms with E-state index in [0.29, 0.717) is 5.69 Å². The fraction of sp³-hybridized carbons (Fsp3) is 0.250. The molecule has 0 radical (unpaired) electrons. The van der Waals surface area contributed by atoms with E-state index < -0.39 is 11.7 Å². The number of para-hydroxylation sites is 1. The van der Waals surface area contributed by atoms with Crippen LogP contribution in [-0.2, 0) is 4.74 Å². The number of esters is 1. The number of benzene rings is 1. The third kappa shape index (κ3) is 2.17. The van der Waals surface area contributed by atoms with Gasteiger partial charge in [-0.2, -0.15) is 4.68 Å². The summed E-state index contributed by atoms with van der Waals surface area (Å²) in [5.41, 5.74) is 1.06. The van der Waals surface area contributed by atoms with Crippen molar-refractivity contribution in [3.8, 4) is 5.69 Å². The second kappa shape index (κ2) is 4.87. The molecule has 6 heteroatoms. The van der Waals surface area contributed by atoms with Crippen molar-refractivity contribution in [3.63, 3.8) is 0 Å². The topological polar surface area (TPSA) is 77.0 Å². The molecule has 0 saturated heterocycles. The van der Waals surface area contributed by atoms with Gasteiger partial charge in [-0.15, -0.1) is 5.10 Å². The molecular weight excluding hydrogens is 234 g/mol. The number of H-pyrrole nitrogens is 1. The van der Waals surface area contributed by atoms with Gasteiger partial charge < -0.3 is 4.74 Å². The number of ether oxygens (including phenoxy) is 1. The second-order valence-electron chi connectivity index (χ2n) is 3.70. The number of aryl methyl sites for hydroxylation is 1. The molecule has 1 N–H and O–H groups in total. The van der Waals surface area contributed by atoms with Gasteiger partial charge in [-0.25, -0.2) is 9.59 Å². The van der Waals surface area contributed by atoms with Crippen molar-refractivity contribution >= 4 is 5.97 Å². The maximum atomic E-state index is 11.7. The molecule has 0 atom stereocenters. The van der Waals surface area contributed by atoms with Crippen LogP contribution in [0.25, 0.3) is 5.69 Å². The summed E-state index contributed by atoms with van der Waals surface area (Å²) in [5.74, 6) is -0.730. The molecular formula is C12H13N3O3. The lowest BCUT2D eigenvalue weighted by Crippen LogP contribution is -2.16. The molecule has 0 fully saturated rings. The Hall–Kier alpha value is -2.37. The van der Waals surface area contributed by atoms with E-state index in [4.69, 9.17) is 4.74 Å². The quantitative estimate of drug-likeness (QED) is 0.822. The van der Waals surface area contributed by atoms with Gasteiger partial charge in [-0.3, -0.25) is 4.98 Å². The summed E-state index contributed by atoms with van der Waals surface area (Å²) < 4.78 is 5.93. The van der Waals surface area contributed by atoms with Crippen LogP contribution in [0.1, 0.15) is 23.1 Å². The molecule has 2 rings (SSSR count). The summed E-state index contributed by atoms with van der Waals surface area (Å²) in [6.07, 6.45) is 0. The predicted molar refractivity (Wildman–Crippen MR) is 64.9 cm³/mol. The Balaban J connectivity index is 2.45. The van der Waals surface area contributed by atoms with E-state index in [2.05, 4.69) is 10.1 Å². The van der Waals surface area contributed by atoms with Gasteiger partial charge in [0, 0.05) is 0 Å². The van der Waals surface area contributed by atoms with Crippen LogP contribution in [0.4, 0.5) is 0 Å². The van der Waals surface area contributed by atoms with Crippen LogP contribution >= 0.6 is 0 Å². The summed E-state index contributed by atoms with van der Waals surface area (Å²) in [6.45, 7) is 3.78. The van der Waals surface area contributed by atoms with Gasteiger partial charge in [-0.1, -0.05) is 18.2 Å². The predicted octanol–water partition coefficient (Wildman–Crippen LogP) is 1.05. The standard InChI is InChI=1S/C12H13N3O3/c1-3-18-11(16)10-13-12(17)15(14-10)9-7-5-4-6-8(9)2/h4-7H,3H2,1-2H3,(H,13,14,17). The molecule has 94 valence electrons. The average molecular weight is 247 g/mol. The zero-order chi connectivity index (χ0) is 13.1. The zero-order valence-corrected chi connectivity index (χ0v) is 10.1. The van der Waals surface area contributed by atoms with E-state index in [-0.39, 0.29) is 12.4 Å². The van der Waals surface area contributed by atoms with Gasteiger partial charge in [-0.05, 0) is 25.5 Å². The number of nitrogens with zero attached hydrogens (tertiary/aromatic N) is 2. The molecule has 0 aliphatic rings. The van der Waals surface area contributed by atoms with Gasteiger partial charge in [0.15, 0.2) is 0 Å². The van der Waals surface area contributed by atoms with Crippen molar-refractivity contribution in [3.05, 3.63) is 46.1 Å². The lowest BCUT2D eigenvalue weighted by molar-refractivity contribution is 0.0512. The molecule has 1 heterocycles. The summed E-state index contributed by atoms with van der Waals surface area (Å²) in [4.78, 5) is 25.6. The van der Waals surface area contributed by atoms with E-state index in [9.17, 15) is 9.59 Å². The van der Waals surface area contributed by atoms with Crippen LogP contribution in [0.5, 0.6) is 0 Å². The van der Waals surface area contributed by atoms with Gasteiger partial charge in [0.25, 0.3) is 0 Å². The number of hydrogen-bond acceptors (Lipinski definition) is 4. The Morgan fingerprint density at radius 3 is 2.83 bits per heavy atom. The molecule has 2 aromatic rings. The van der Waals surface area contributed by atoms with E-state index in [1.807, 2.05) is 19.1 Å². The van der Waals surface area contributed by atoms with Gasteiger partial charge >= 0.3 is 11.7 Å². The highest BCUT2D eigenvalue weighted by atomic mass is 16.5. The molecule has 1 aromatic carbocycles. The van der Waals surface area contributed by atoms with Gasteiger partial charge in [0.2, 0.25) is 5.82 Å². The minimum absolute atomic E-state index is 0.0925. The second-order valence-corrected chi connectivity index (χ2v) is 3.70. The third-order valence-corrected chi connectivity index (χ3v) is 2.43. The van der Waals surface area contributed by atoms with E-state index in [1.165, 1.54) is 0 Å². The first-order chi connectivity index (χ1) is 8.63. The van der Waals surface area contributed by atoms with Crippen molar-refractivity contribution in [2.75, 3.05) is 6.61 Å². The van der Waals surface area contributed by atoms with Crippen molar-refractivity contribution < 1.29 is 9.53 Å². The third-order valence-electron chi connectivity index (χ3n) is 2.43. The Bertz CT molecular complexity index is 627. The molecule has 0 bridgehead atoms. The SMILES string of the molecule is CCOC(=O)c1nn(-c2ccccc2C)c(=O)[nH]1. The molecule has 0 amide bonds. The Labute approximate surface area is 103 Å². The van der Waals surface area contributed by atoms with Crippen LogP contribution in [0.15, 0.2) is 29.1 Å². The first kappa shape index (κ1) is 12.1. The zero-order valence-electron chi connectivity index (χ0n) is 10.1. The molecule has 0 aliphatic carbocycles. The van der Waals surface area contributed by atoms with Crippen LogP contribution < -0.4 is 5.69 Å². The number of hydrogen-bond donors (Lipinski definition) is 1. The first-order valence-electron chi connectivity index (χ1n) is 5.56. The van der Waals surface area contributed by atoms with Gasteiger partial charge in [0.05, 0.1) is 12.3 Å². The number of carbonyl (C=O) groups excluding carboxylic acids is 1. The molecule has 6 nitrogen and oxygen atoms in total. The van der Waals surface area contributed by atoms with Crippen molar-refractivity contribution in [1.82, 2.24) is 14.8 Å². The van der Waals surface area contributed by atoms with Crippen LogP contribution in [0, 0.1) is 6.92 Å². The number of aromatic nitrogens is 3.